The normalized spacial score (nSPS) is 12.1. The molecule has 0 saturated heterocycles. The molecule has 100 valence electrons. The highest BCUT2D eigenvalue weighted by Gasteiger charge is 2.19. The van der Waals surface area contributed by atoms with E-state index < -0.39 is 6.04 Å². The molecule has 2 N–H and O–H groups in total. The Morgan fingerprint density at radius 1 is 1.42 bits per heavy atom. The topological polar surface area (TPSA) is 71.8 Å². The molecule has 2 heterocycles. The summed E-state index contributed by atoms with van der Waals surface area (Å²) in [6, 6.07) is 3.35. The molecule has 6 heteroatoms. The lowest BCUT2D eigenvalue weighted by Gasteiger charge is -2.14. The fourth-order valence-corrected chi connectivity index (χ4v) is 1.83. The Labute approximate surface area is 111 Å². The van der Waals surface area contributed by atoms with E-state index in [0.717, 1.165) is 11.1 Å². The maximum Gasteiger partial charge on any atom is 0.242 e. The number of pyridine rings is 1. The maximum atomic E-state index is 12.1. The predicted molar refractivity (Wildman–Crippen MR) is 71.1 cm³/mol. The molecule has 0 aliphatic carbocycles. The Kier molecular flexibility index (Phi) is 4.25. The lowest BCUT2D eigenvalue weighted by Crippen LogP contribution is -2.35. The van der Waals surface area contributed by atoms with Crippen molar-refractivity contribution < 1.29 is 4.79 Å². The Balaban J connectivity index is 1.98. The molecule has 0 aromatic carbocycles. The highest BCUT2D eigenvalue weighted by molar-refractivity contribution is 5.82. The first-order valence-electron chi connectivity index (χ1n) is 6.03. The SMILES string of the molecule is CNC(C(=O)NCc1ccncc1)c1cnn(C)c1. The molecular formula is C13H17N5O. The Bertz CT molecular complexity index is 537. The van der Waals surface area contributed by atoms with E-state index in [1.54, 1.807) is 30.3 Å². The van der Waals surface area contributed by atoms with Crippen molar-refractivity contribution in [3.63, 3.8) is 0 Å². The van der Waals surface area contributed by atoms with Crippen molar-refractivity contribution in [1.29, 1.82) is 0 Å². The van der Waals surface area contributed by atoms with Crippen LogP contribution in [0.4, 0.5) is 0 Å². The molecule has 0 saturated carbocycles. The van der Waals surface area contributed by atoms with Crippen LogP contribution in [0, 0.1) is 0 Å². The van der Waals surface area contributed by atoms with Gasteiger partial charge in [0.1, 0.15) is 6.04 Å². The standard InChI is InChI=1S/C13H17N5O/c1-14-12(11-8-17-18(2)9-11)13(19)16-7-10-3-5-15-6-4-10/h3-6,8-9,12,14H,7H2,1-2H3,(H,16,19). The second kappa shape index (κ2) is 6.10. The maximum absolute atomic E-state index is 12.1. The van der Waals surface area contributed by atoms with Crippen LogP contribution >= 0.6 is 0 Å². The second-order valence-corrected chi connectivity index (χ2v) is 4.24. The van der Waals surface area contributed by atoms with E-state index in [1.807, 2.05) is 25.4 Å². The Morgan fingerprint density at radius 3 is 2.74 bits per heavy atom. The van der Waals surface area contributed by atoms with E-state index in [0.29, 0.717) is 6.54 Å². The summed E-state index contributed by atoms with van der Waals surface area (Å²) in [6.07, 6.45) is 6.93. The molecule has 1 atom stereocenters. The van der Waals surface area contributed by atoms with Gasteiger partial charge in [0.2, 0.25) is 5.91 Å². The van der Waals surface area contributed by atoms with Gasteiger partial charge in [-0.05, 0) is 24.7 Å². The largest absolute Gasteiger partial charge is 0.350 e. The summed E-state index contributed by atoms with van der Waals surface area (Å²) in [7, 11) is 3.58. The zero-order valence-electron chi connectivity index (χ0n) is 11.0. The zero-order valence-corrected chi connectivity index (χ0v) is 11.0. The summed E-state index contributed by atoms with van der Waals surface area (Å²) < 4.78 is 1.68. The van der Waals surface area contributed by atoms with E-state index in [4.69, 9.17) is 0 Å². The Hall–Kier alpha value is -2.21. The summed E-state index contributed by atoms with van der Waals surface area (Å²) >= 11 is 0. The van der Waals surface area contributed by atoms with Gasteiger partial charge < -0.3 is 10.6 Å². The van der Waals surface area contributed by atoms with E-state index in [-0.39, 0.29) is 5.91 Å². The monoisotopic (exact) mass is 259 g/mol. The molecule has 0 aliphatic rings. The van der Waals surface area contributed by atoms with Gasteiger partial charge in [-0.3, -0.25) is 14.5 Å². The summed E-state index contributed by atoms with van der Waals surface area (Å²) in [6.45, 7) is 0.486. The molecule has 1 amide bonds. The predicted octanol–water partition coefficient (Wildman–Crippen LogP) is 0.392. The first-order chi connectivity index (χ1) is 9.20. The van der Waals surface area contributed by atoms with Gasteiger partial charge in [-0.15, -0.1) is 0 Å². The fraction of sp³-hybridized carbons (Fsp3) is 0.308. The summed E-state index contributed by atoms with van der Waals surface area (Å²) in [5.41, 5.74) is 1.86. The number of aryl methyl sites for hydroxylation is 1. The van der Waals surface area contributed by atoms with Gasteiger partial charge in [-0.2, -0.15) is 5.10 Å². The summed E-state index contributed by atoms with van der Waals surface area (Å²) in [4.78, 5) is 16.1. The molecule has 0 radical (unpaired) electrons. The second-order valence-electron chi connectivity index (χ2n) is 4.24. The van der Waals surface area contributed by atoms with Crippen LogP contribution in [0.3, 0.4) is 0 Å². The van der Waals surface area contributed by atoms with Gasteiger partial charge in [0.15, 0.2) is 0 Å². The van der Waals surface area contributed by atoms with Gasteiger partial charge in [-0.25, -0.2) is 0 Å². The van der Waals surface area contributed by atoms with E-state index in [1.165, 1.54) is 0 Å². The number of likely N-dealkylation sites (N-methyl/N-ethyl adjacent to an activating group) is 1. The van der Waals surface area contributed by atoms with Crippen LogP contribution in [0.1, 0.15) is 17.2 Å². The van der Waals surface area contributed by atoms with Crippen molar-refractivity contribution in [3.05, 3.63) is 48.0 Å². The van der Waals surface area contributed by atoms with Crippen molar-refractivity contribution in [2.75, 3.05) is 7.05 Å². The molecule has 0 aliphatic heterocycles. The number of rotatable bonds is 5. The minimum atomic E-state index is -0.393. The molecule has 2 aromatic rings. The average molecular weight is 259 g/mol. The highest BCUT2D eigenvalue weighted by atomic mass is 16.2. The minimum Gasteiger partial charge on any atom is -0.350 e. The van der Waals surface area contributed by atoms with Crippen LogP contribution in [0.5, 0.6) is 0 Å². The third-order valence-corrected chi connectivity index (χ3v) is 2.83. The minimum absolute atomic E-state index is 0.0766. The average Bonchev–Trinajstić information content (AvgIpc) is 2.85. The highest BCUT2D eigenvalue weighted by Crippen LogP contribution is 2.11. The van der Waals surface area contributed by atoms with E-state index >= 15 is 0 Å². The molecule has 2 rings (SSSR count). The van der Waals surface area contributed by atoms with Crippen LogP contribution in [0.25, 0.3) is 0 Å². The van der Waals surface area contributed by atoms with Crippen molar-refractivity contribution in [2.45, 2.75) is 12.6 Å². The summed E-state index contributed by atoms with van der Waals surface area (Å²) in [5.74, 6) is -0.0766. The molecule has 2 aromatic heterocycles. The van der Waals surface area contributed by atoms with E-state index in [2.05, 4.69) is 20.7 Å². The molecule has 0 fully saturated rings. The van der Waals surface area contributed by atoms with Crippen molar-refractivity contribution >= 4 is 5.91 Å². The van der Waals surface area contributed by atoms with Gasteiger partial charge in [0.25, 0.3) is 0 Å². The molecule has 0 spiro atoms. The zero-order chi connectivity index (χ0) is 13.7. The van der Waals surface area contributed by atoms with Crippen LogP contribution in [-0.4, -0.2) is 27.7 Å². The number of carbonyl (C=O) groups excluding carboxylic acids is 1. The van der Waals surface area contributed by atoms with Crippen molar-refractivity contribution in [1.82, 2.24) is 25.4 Å². The first kappa shape index (κ1) is 13.2. The lowest BCUT2D eigenvalue weighted by atomic mass is 10.1. The van der Waals surface area contributed by atoms with Gasteiger partial charge in [0.05, 0.1) is 6.20 Å². The van der Waals surface area contributed by atoms with Crippen molar-refractivity contribution in [3.8, 4) is 0 Å². The number of carbonyl (C=O) groups is 1. The number of nitrogens with zero attached hydrogens (tertiary/aromatic N) is 3. The van der Waals surface area contributed by atoms with Gasteiger partial charge in [-0.1, -0.05) is 0 Å². The Morgan fingerprint density at radius 2 is 2.16 bits per heavy atom. The van der Waals surface area contributed by atoms with E-state index in [9.17, 15) is 4.79 Å². The molecular weight excluding hydrogens is 242 g/mol. The van der Waals surface area contributed by atoms with Gasteiger partial charge in [0, 0.05) is 37.7 Å². The summed E-state index contributed by atoms with van der Waals surface area (Å²) in [5, 5.41) is 9.96. The smallest absolute Gasteiger partial charge is 0.242 e. The van der Waals surface area contributed by atoms with Crippen LogP contribution in [-0.2, 0) is 18.4 Å². The number of amides is 1. The molecule has 19 heavy (non-hydrogen) atoms. The fourth-order valence-electron chi connectivity index (χ4n) is 1.83. The lowest BCUT2D eigenvalue weighted by molar-refractivity contribution is -0.123. The van der Waals surface area contributed by atoms with Crippen LogP contribution in [0.2, 0.25) is 0 Å². The number of aromatic nitrogens is 3. The van der Waals surface area contributed by atoms with Crippen molar-refractivity contribution in [2.24, 2.45) is 7.05 Å². The van der Waals surface area contributed by atoms with Gasteiger partial charge >= 0.3 is 0 Å². The number of hydrogen-bond donors (Lipinski definition) is 2. The molecule has 0 bridgehead atoms. The first-order valence-corrected chi connectivity index (χ1v) is 6.03. The number of nitrogens with one attached hydrogen (secondary N) is 2. The third kappa shape index (κ3) is 3.38. The van der Waals surface area contributed by atoms with Crippen LogP contribution < -0.4 is 10.6 Å². The van der Waals surface area contributed by atoms with Crippen LogP contribution in [0.15, 0.2) is 36.9 Å². The third-order valence-electron chi connectivity index (χ3n) is 2.83. The quantitative estimate of drug-likeness (QED) is 0.815. The molecule has 1 unspecified atom stereocenters. The number of hydrogen-bond acceptors (Lipinski definition) is 4. The molecule has 6 nitrogen and oxygen atoms in total.